The fourth-order valence-electron chi connectivity index (χ4n) is 3.00. The van der Waals surface area contributed by atoms with Gasteiger partial charge in [0.1, 0.15) is 11.5 Å². The summed E-state index contributed by atoms with van der Waals surface area (Å²) in [4.78, 5) is 38.6. The van der Waals surface area contributed by atoms with Gasteiger partial charge in [-0.1, -0.05) is 18.2 Å². The van der Waals surface area contributed by atoms with Crippen LogP contribution in [0.1, 0.15) is 19.8 Å². The van der Waals surface area contributed by atoms with Crippen molar-refractivity contribution in [1.29, 1.82) is 0 Å². The third-order valence-corrected chi connectivity index (χ3v) is 4.12. The summed E-state index contributed by atoms with van der Waals surface area (Å²) < 4.78 is 10.5. The minimum atomic E-state index is -1.47. The van der Waals surface area contributed by atoms with Crippen molar-refractivity contribution < 1.29 is 23.9 Å². The van der Waals surface area contributed by atoms with Gasteiger partial charge in [0.15, 0.2) is 5.41 Å². The van der Waals surface area contributed by atoms with Crippen LogP contribution in [0.25, 0.3) is 0 Å². The molecule has 2 rings (SSSR count). The van der Waals surface area contributed by atoms with E-state index in [1.165, 1.54) is 18.9 Å². The molecule has 0 aliphatic carbocycles. The molecule has 1 aromatic carbocycles. The van der Waals surface area contributed by atoms with Crippen LogP contribution < -0.4 is 4.74 Å². The highest BCUT2D eigenvalue weighted by atomic mass is 16.5. The molecule has 0 N–H and O–H groups in total. The Morgan fingerprint density at radius 1 is 1.30 bits per heavy atom. The van der Waals surface area contributed by atoms with Crippen LogP contribution in [0.2, 0.25) is 0 Å². The predicted octanol–water partition coefficient (Wildman–Crippen LogP) is 1.43. The number of likely N-dealkylation sites (tertiary alicyclic amines) is 1. The van der Waals surface area contributed by atoms with Gasteiger partial charge in [-0.05, 0) is 25.5 Å². The van der Waals surface area contributed by atoms with E-state index >= 15 is 0 Å². The molecule has 1 aliphatic rings. The monoisotopic (exact) mass is 319 g/mol. The molecule has 1 aliphatic heterocycles. The zero-order chi connectivity index (χ0) is 17.0. The second-order valence-electron chi connectivity index (χ2n) is 5.89. The molecule has 1 heterocycles. The van der Waals surface area contributed by atoms with E-state index < -0.39 is 17.3 Å². The summed E-state index contributed by atoms with van der Waals surface area (Å²) in [6.07, 6.45) is 0.0451. The van der Waals surface area contributed by atoms with E-state index in [9.17, 15) is 14.4 Å². The second-order valence-corrected chi connectivity index (χ2v) is 5.89. The number of amides is 1. The lowest BCUT2D eigenvalue weighted by Crippen LogP contribution is -2.43. The van der Waals surface area contributed by atoms with Crippen LogP contribution in [0, 0.1) is 5.41 Å². The number of carbonyl (C=O) groups excluding carboxylic acids is 3. The number of hydrogen-bond donors (Lipinski definition) is 0. The number of likely N-dealkylation sites (N-methyl/N-ethyl adjacent to an activating group) is 1. The van der Waals surface area contributed by atoms with Gasteiger partial charge in [-0.2, -0.15) is 0 Å². The summed E-state index contributed by atoms with van der Waals surface area (Å²) in [6.45, 7) is 1.68. The van der Waals surface area contributed by atoms with E-state index in [-0.39, 0.29) is 24.7 Å². The first kappa shape index (κ1) is 17.1. The molecule has 0 bridgehead atoms. The quantitative estimate of drug-likeness (QED) is 0.451. The molecular weight excluding hydrogens is 298 g/mol. The first-order valence-corrected chi connectivity index (χ1v) is 7.43. The van der Waals surface area contributed by atoms with Gasteiger partial charge in [-0.25, -0.2) is 0 Å². The summed E-state index contributed by atoms with van der Waals surface area (Å²) in [6, 6.07) is 8.28. The molecule has 2 atom stereocenters. The van der Waals surface area contributed by atoms with E-state index in [0.29, 0.717) is 12.4 Å². The minimum absolute atomic E-state index is 0.165. The van der Waals surface area contributed by atoms with Gasteiger partial charge in [-0.3, -0.25) is 14.4 Å². The highest BCUT2D eigenvalue weighted by molar-refractivity contribution is 6.07. The third kappa shape index (κ3) is 3.42. The number of rotatable bonds is 6. The Bertz CT molecular complexity index is 600. The fourth-order valence-corrected chi connectivity index (χ4v) is 3.00. The Hall–Kier alpha value is -2.21. The Labute approximate surface area is 135 Å². The molecule has 124 valence electrons. The van der Waals surface area contributed by atoms with Gasteiger partial charge in [0.05, 0.1) is 12.6 Å². The van der Waals surface area contributed by atoms with E-state index in [1.54, 1.807) is 37.4 Å². The summed E-state index contributed by atoms with van der Waals surface area (Å²) >= 11 is 0. The molecule has 1 aromatic rings. The molecular formula is C17H21NO5. The van der Waals surface area contributed by atoms with E-state index in [0.717, 1.165) is 0 Å². The van der Waals surface area contributed by atoms with Crippen molar-refractivity contribution in [3.8, 4) is 5.75 Å². The summed E-state index contributed by atoms with van der Waals surface area (Å²) in [5.41, 5.74) is -1.47. The van der Waals surface area contributed by atoms with Crippen molar-refractivity contribution in [3.05, 3.63) is 30.3 Å². The number of nitrogens with zero attached hydrogens (tertiary/aromatic N) is 1. The second kappa shape index (κ2) is 6.91. The van der Waals surface area contributed by atoms with Crippen LogP contribution >= 0.6 is 0 Å². The highest BCUT2D eigenvalue weighted by Gasteiger charge is 2.57. The molecule has 0 radical (unpaired) electrons. The minimum Gasteiger partial charge on any atom is -0.426 e. The number of para-hydroxylation sites is 1. The van der Waals surface area contributed by atoms with Gasteiger partial charge in [0.25, 0.3) is 0 Å². The number of benzene rings is 1. The molecule has 23 heavy (non-hydrogen) atoms. The number of Topliss-reactive ketones (excluding diaryl/α,β-unsaturated/α-hetero) is 1. The zero-order valence-electron chi connectivity index (χ0n) is 13.6. The molecule has 1 amide bonds. The maximum atomic E-state index is 12.7. The summed E-state index contributed by atoms with van der Waals surface area (Å²) in [5, 5.41) is 0. The van der Waals surface area contributed by atoms with Crippen molar-refractivity contribution in [2.24, 2.45) is 5.41 Å². The lowest BCUT2D eigenvalue weighted by atomic mass is 9.80. The maximum Gasteiger partial charge on any atom is 0.327 e. The largest absolute Gasteiger partial charge is 0.426 e. The number of ether oxygens (including phenoxy) is 2. The Kier molecular flexibility index (Phi) is 5.15. The van der Waals surface area contributed by atoms with E-state index in [1.807, 2.05) is 0 Å². The average molecular weight is 319 g/mol. The van der Waals surface area contributed by atoms with Crippen LogP contribution in [0.3, 0.4) is 0 Å². The van der Waals surface area contributed by atoms with Crippen LogP contribution in [-0.4, -0.2) is 49.4 Å². The molecule has 6 nitrogen and oxygen atoms in total. The van der Waals surface area contributed by atoms with Gasteiger partial charge in [0.2, 0.25) is 5.91 Å². The molecule has 1 fully saturated rings. The number of hydrogen-bond acceptors (Lipinski definition) is 5. The Morgan fingerprint density at radius 2 is 1.96 bits per heavy atom. The number of esters is 1. The van der Waals surface area contributed by atoms with Crippen LogP contribution in [0.5, 0.6) is 5.75 Å². The first-order chi connectivity index (χ1) is 10.9. The molecule has 1 unspecified atom stereocenters. The number of methoxy groups -OCH3 is 1. The zero-order valence-corrected chi connectivity index (χ0v) is 13.6. The molecule has 0 aromatic heterocycles. The topological polar surface area (TPSA) is 72.9 Å². The molecule has 0 saturated carbocycles. The standard InChI is InChI=1S/C17H21NO5/c1-12(19)9-17(10-13(11-22-3)18(2)15(17)20)16(21)23-14-7-5-4-6-8-14/h4-8,13H,9-11H2,1-3H3/t13-,17?/m0/s1. The first-order valence-electron chi connectivity index (χ1n) is 7.43. The lowest BCUT2D eigenvalue weighted by Gasteiger charge is -2.23. The average Bonchev–Trinajstić information content (AvgIpc) is 2.74. The third-order valence-electron chi connectivity index (χ3n) is 4.12. The Morgan fingerprint density at radius 3 is 2.52 bits per heavy atom. The smallest absolute Gasteiger partial charge is 0.327 e. The van der Waals surface area contributed by atoms with E-state index in [2.05, 4.69) is 0 Å². The van der Waals surface area contributed by atoms with Crippen LogP contribution in [0.15, 0.2) is 30.3 Å². The van der Waals surface area contributed by atoms with Gasteiger partial charge in [-0.15, -0.1) is 0 Å². The molecule has 6 heteroatoms. The summed E-state index contributed by atoms with van der Waals surface area (Å²) in [5.74, 6) is -0.953. The van der Waals surface area contributed by atoms with Gasteiger partial charge >= 0.3 is 5.97 Å². The predicted molar refractivity (Wildman–Crippen MR) is 82.9 cm³/mol. The normalized spacial score (nSPS) is 23.9. The number of ketones is 1. The molecule has 1 saturated heterocycles. The SMILES string of the molecule is COC[C@@H]1CC(CC(C)=O)(C(=O)Oc2ccccc2)C(=O)N1C. The van der Waals surface area contributed by atoms with Crippen molar-refractivity contribution in [2.75, 3.05) is 20.8 Å². The van der Waals surface area contributed by atoms with Gasteiger partial charge < -0.3 is 14.4 Å². The van der Waals surface area contributed by atoms with E-state index in [4.69, 9.17) is 9.47 Å². The van der Waals surface area contributed by atoms with Crippen molar-refractivity contribution >= 4 is 17.7 Å². The highest BCUT2D eigenvalue weighted by Crippen LogP contribution is 2.40. The molecule has 0 spiro atoms. The van der Waals surface area contributed by atoms with Crippen molar-refractivity contribution in [3.63, 3.8) is 0 Å². The Balaban J connectivity index is 2.30. The van der Waals surface area contributed by atoms with Crippen molar-refractivity contribution in [1.82, 2.24) is 4.90 Å². The van der Waals surface area contributed by atoms with Crippen molar-refractivity contribution in [2.45, 2.75) is 25.8 Å². The summed E-state index contributed by atoms with van der Waals surface area (Å²) in [7, 11) is 3.15. The maximum absolute atomic E-state index is 12.7. The van der Waals surface area contributed by atoms with Crippen LogP contribution in [-0.2, 0) is 19.1 Å². The lowest BCUT2D eigenvalue weighted by molar-refractivity contribution is -0.156. The number of carbonyl (C=O) groups is 3. The van der Waals surface area contributed by atoms with Gasteiger partial charge in [0, 0.05) is 20.6 Å². The fraction of sp³-hybridized carbons (Fsp3) is 0.471. The van der Waals surface area contributed by atoms with Crippen LogP contribution in [0.4, 0.5) is 0 Å².